The standard InChI is InChI=1S/C35H25N3S/c1-37-31(24-14-6-3-7-15-24)22-28(23-12-4-2-5-13-23)36-35(37)38-29-18-10-8-17-27(29)33-30(38)21-20-26-25-16-9-11-19-32(25)39-34(26)33/h2-22,31H,1H3. The van der Waals surface area contributed by atoms with Crippen molar-refractivity contribution in [3.8, 4) is 0 Å². The van der Waals surface area contributed by atoms with Crippen molar-refractivity contribution >= 4 is 65.0 Å². The molecule has 0 fully saturated rings. The summed E-state index contributed by atoms with van der Waals surface area (Å²) in [5.74, 6) is 0.928. The summed E-state index contributed by atoms with van der Waals surface area (Å²) in [6.07, 6.45) is 2.28. The third-order valence-corrected chi connectivity index (χ3v) is 9.06. The van der Waals surface area contributed by atoms with Gasteiger partial charge in [-0.1, -0.05) is 103 Å². The van der Waals surface area contributed by atoms with E-state index in [4.69, 9.17) is 4.99 Å². The van der Waals surface area contributed by atoms with E-state index in [9.17, 15) is 0 Å². The van der Waals surface area contributed by atoms with Crippen LogP contribution in [0.5, 0.6) is 0 Å². The lowest BCUT2D eigenvalue weighted by Crippen LogP contribution is -2.37. The minimum atomic E-state index is 0.0539. The first-order valence-electron chi connectivity index (χ1n) is 13.3. The summed E-state index contributed by atoms with van der Waals surface area (Å²) in [6, 6.07) is 43.3. The Balaban J connectivity index is 1.44. The van der Waals surface area contributed by atoms with Crippen molar-refractivity contribution in [1.29, 1.82) is 0 Å². The Morgan fingerprint density at radius 2 is 1.33 bits per heavy atom. The van der Waals surface area contributed by atoms with Gasteiger partial charge in [-0.3, -0.25) is 4.57 Å². The Labute approximate surface area is 230 Å². The van der Waals surface area contributed by atoms with E-state index in [2.05, 4.69) is 144 Å². The minimum Gasteiger partial charge on any atom is -0.334 e. The predicted octanol–water partition coefficient (Wildman–Crippen LogP) is 9.09. The summed E-state index contributed by atoms with van der Waals surface area (Å²) in [5, 5.41) is 5.19. The van der Waals surface area contributed by atoms with Crippen LogP contribution in [0.15, 0.2) is 132 Å². The number of hydrogen-bond acceptors (Lipinski definition) is 3. The number of benzene rings is 5. The molecule has 0 spiro atoms. The molecule has 39 heavy (non-hydrogen) atoms. The highest BCUT2D eigenvalue weighted by molar-refractivity contribution is 7.26. The quantitative estimate of drug-likeness (QED) is 0.223. The molecule has 186 valence electrons. The first kappa shape index (κ1) is 22.3. The van der Waals surface area contributed by atoms with E-state index in [1.807, 2.05) is 11.3 Å². The molecule has 4 heteroatoms. The molecule has 1 aliphatic rings. The smallest absolute Gasteiger partial charge is 0.211 e. The third-order valence-electron chi connectivity index (χ3n) is 7.86. The molecule has 1 atom stereocenters. The Kier molecular flexibility index (Phi) is 4.97. The number of thiophene rings is 1. The number of rotatable bonds is 2. The lowest BCUT2D eigenvalue weighted by Gasteiger charge is -2.34. The Hall–Kier alpha value is -4.67. The number of likely N-dealkylation sites (N-methyl/N-ethyl adjacent to an activating group) is 1. The fourth-order valence-corrected chi connectivity index (χ4v) is 7.27. The molecular formula is C35H25N3S. The molecule has 3 heterocycles. The zero-order valence-electron chi connectivity index (χ0n) is 21.5. The summed E-state index contributed by atoms with van der Waals surface area (Å²) in [7, 11) is 2.16. The van der Waals surface area contributed by atoms with Crippen molar-refractivity contribution in [2.45, 2.75) is 6.04 Å². The molecule has 0 amide bonds. The average molecular weight is 520 g/mol. The van der Waals surface area contributed by atoms with Gasteiger partial charge in [0.15, 0.2) is 0 Å². The van der Waals surface area contributed by atoms with Gasteiger partial charge in [0, 0.05) is 43.6 Å². The second-order valence-electron chi connectivity index (χ2n) is 10.1. The number of hydrogen-bond donors (Lipinski definition) is 0. The molecule has 3 nitrogen and oxygen atoms in total. The predicted molar refractivity (Wildman–Crippen MR) is 167 cm³/mol. The molecule has 0 saturated heterocycles. The van der Waals surface area contributed by atoms with Crippen molar-refractivity contribution in [3.05, 3.63) is 139 Å². The van der Waals surface area contributed by atoms with Gasteiger partial charge in [-0.05, 0) is 29.8 Å². The topological polar surface area (TPSA) is 20.5 Å². The fourth-order valence-electron chi connectivity index (χ4n) is 6.01. The van der Waals surface area contributed by atoms with Gasteiger partial charge in [0.2, 0.25) is 5.96 Å². The number of nitrogens with zero attached hydrogens (tertiary/aromatic N) is 3. The van der Waals surface area contributed by atoms with Crippen LogP contribution >= 0.6 is 11.3 Å². The van der Waals surface area contributed by atoms with Crippen LogP contribution in [0.2, 0.25) is 0 Å². The van der Waals surface area contributed by atoms with E-state index in [1.165, 1.54) is 47.5 Å². The lowest BCUT2D eigenvalue weighted by atomic mass is 10.0. The highest BCUT2D eigenvalue weighted by atomic mass is 32.1. The zero-order valence-corrected chi connectivity index (χ0v) is 22.3. The summed E-state index contributed by atoms with van der Waals surface area (Å²) in [5.41, 5.74) is 5.71. The van der Waals surface area contributed by atoms with Crippen molar-refractivity contribution in [3.63, 3.8) is 0 Å². The van der Waals surface area contributed by atoms with Gasteiger partial charge in [0.25, 0.3) is 0 Å². The van der Waals surface area contributed by atoms with Crippen molar-refractivity contribution < 1.29 is 0 Å². The Morgan fingerprint density at radius 3 is 2.15 bits per heavy atom. The third kappa shape index (κ3) is 3.38. The summed E-state index contributed by atoms with van der Waals surface area (Å²) in [4.78, 5) is 7.65. The van der Waals surface area contributed by atoms with Gasteiger partial charge in [-0.25, -0.2) is 4.99 Å². The first-order valence-corrected chi connectivity index (χ1v) is 14.1. The Morgan fingerprint density at radius 1 is 0.641 bits per heavy atom. The molecule has 2 aromatic heterocycles. The number of aliphatic imine (C=N–C) groups is 1. The lowest BCUT2D eigenvalue weighted by molar-refractivity contribution is 0.422. The maximum Gasteiger partial charge on any atom is 0.211 e. The molecule has 0 saturated carbocycles. The number of fused-ring (bicyclic) bond motifs is 7. The van der Waals surface area contributed by atoms with Gasteiger partial charge < -0.3 is 4.90 Å². The van der Waals surface area contributed by atoms with Crippen molar-refractivity contribution in [2.24, 2.45) is 4.99 Å². The Bertz CT molecular complexity index is 2080. The van der Waals surface area contributed by atoms with Crippen LogP contribution in [0.1, 0.15) is 17.2 Å². The maximum absolute atomic E-state index is 5.34. The van der Waals surface area contributed by atoms with Gasteiger partial charge in [-0.2, -0.15) is 0 Å². The largest absolute Gasteiger partial charge is 0.334 e. The first-order chi connectivity index (χ1) is 19.3. The highest BCUT2D eigenvalue weighted by Crippen LogP contribution is 2.43. The molecular weight excluding hydrogens is 494 g/mol. The highest BCUT2D eigenvalue weighted by Gasteiger charge is 2.28. The van der Waals surface area contributed by atoms with E-state index >= 15 is 0 Å². The van der Waals surface area contributed by atoms with E-state index in [1.54, 1.807) is 0 Å². The molecule has 5 aromatic carbocycles. The zero-order chi connectivity index (χ0) is 25.9. The molecule has 0 bridgehead atoms. The van der Waals surface area contributed by atoms with Crippen LogP contribution in [0, 0.1) is 0 Å². The van der Waals surface area contributed by atoms with Crippen molar-refractivity contribution in [2.75, 3.05) is 7.05 Å². The van der Waals surface area contributed by atoms with E-state index < -0.39 is 0 Å². The fraction of sp³-hybridized carbons (Fsp3) is 0.0571. The SMILES string of the molecule is CN1C(n2c3ccccc3c3c4sc5ccccc5c4ccc32)=NC(c2ccccc2)=CC1c1ccccc1. The van der Waals surface area contributed by atoms with Crippen LogP contribution in [-0.2, 0) is 0 Å². The molecule has 1 unspecified atom stereocenters. The maximum atomic E-state index is 5.34. The van der Waals surface area contributed by atoms with Gasteiger partial charge in [0.1, 0.15) is 0 Å². The second kappa shape index (κ2) is 8.69. The molecule has 0 aliphatic carbocycles. The van der Waals surface area contributed by atoms with Gasteiger partial charge in [-0.15, -0.1) is 11.3 Å². The van der Waals surface area contributed by atoms with E-state index in [0.717, 1.165) is 17.2 Å². The molecule has 0 N–H and O–H groups in total. The summed E-state index contributed by atoms with van der Waals surface area (Å²) < 4.78 is 5.02. The normalized spacial score (nSPS) is 15.8. The van der Waals surface area contributed by atoms with Crippen LogP contribution in [0.4, 0.5) is 0 Å². The van der Waals surface area contributed by atoms with Crippen LogP contribution in [0.3, 0.4) is 0 Å². The number of aromatic nitrogens is 1. The molecule has 1 aliphatic heterocycles. The molecule has 7 aromatic rings. The van der Waals surface area contributed by atoms with E-state index in [-0.39, 0.29) is 6.04 Å². The second-order valence-corrected chi connectivity index (χ2v) is 11.1. The van der Waals surface area contributed by atoms with Crippen LogP contribution in [0.25, 0.3) is 47.7 Å². The van der Waals surface area contributed by atoms with Crippen molar-refractivity contribution in [1.82, 2.24) is 9.47 Å². The van der Waals surface area contributed by atoms with Crippen LogP contribution < -0.4 is 0 Å². The summed E-state index contributed by atoms with van der Waals surface area (Å²) >= 11 is 1.88. The molecule has 0 radical (unpaired) electrons. The van der Waals surface area contributed by atoms with E-state index in [0.29, 0.717) is 0 Å². The van der Waals surface area contributed by atoms with Crippen LogP contribution in [-0.4, -0.2) is 22.5 Å². The number of para-hydroxylation sites is 1. The average Bonchev–Trinajstić information content (AvgIpc) is 3.54. The minimum absolute atomic E-state index is 0.0539. The van der Waals surface area contributed by atoms with Gasteiger partial charge in [0.05, 0.1) is 22.8 Å². The van der Waals surface area contributed by atoms with Gasteiger partial charge >= 0.3 is 0 Å². The monoisotopic (exact) mass is 519 g/mol. The molecule has 8 rings (SSSR count). The summed E-state index contributed by atoms with van der Waals surface area (Å²) in [6.45, 7) is 0.